The lowest BCUT2D eigenvalue weighted by Crippen LogP contribution is -2.48. The molecule has 38 heavy (non-hydrogen) atoms. The third-order valence-corrected chi connectivity index (χ3v) is 9.77. The Labute approximate surface area is 225 Å². The fourth-order valence-electron chi connectivity index (χ4n) is 6.00. The molecule has 3 aromatic rings. The Morgan fingerprint density at radius 1 is 1.08 bits per heavy atom. The first-order valence-corrected chi connectivity index (χ1v) is 14.6. The van der Waals surface area contributed by atoms with Gasteiger partial charge in [0, 0.05) is 24.8 Å². The number of aromatic nitrogens is 1. The van der Waals surface area contributed by atoms with Gasteiger partial charge >= 0.3 is 0 Å². The number of carbonyl (C=O) groups excluding carboxylic acids is 1. The highest BCUT2D eigenvalue weighted by Crippen LogP contribution is 2.36. The number of amides is 1. The summed E-state index contributed by atoms with van der Waals surface area (Å²) in [5.41, 5.74) is 6.83. The van der Waals surface area contributed by atoms with Crippen LogP contribution < -0.4 is 4.90 Å². The number of piperidine rings is 1. The Bertz CT molecular complexity index is 1500. The van der Waals surface area contributed by atoms with Crippen LogP contribution in [0.2, 0.25) is 0 Å². The van der Waals surface area contributed by atoms with Crippen LogP contribution in [-0.2, 0) is 21.2 Å². The molecule has 0 N–H and O–H groups in total. The SMILES string of the molecule is Cc1cc(C)c(/C=C/c2onc(C)c2S(=O)(=O)N2CCC[C@@H](C(=O)N3c4ccccc4C[C@@H]3C)C2)c(C)c1. The van der Waals surface area contributed by atoms with Gasteiger partial charge in [0.1, 0.15) is 5.69 Å². The van der Waals surface area contributed by atoms with Crippen molar-refractivity contribution in [3.05, 3.63) is 75.7 Å². The quantitative estimate of drug-likeness (QED) is 0.435. The van der Waals surface area contributed by atoms with Gasteiger partial charge < -0.3 is 9.42 Å². The zero-order valence-electron chi connectivity index (χ0n) is 22.7. The van der Waals surface area contributed by atoms with Gasteiger partial charge in [-0.15, -0.1) is 0 Å². The smallest absolute Gasteiger partial charge is 0.248 e. The van der Waals surface area contributed by atoms with E-state index in [1.54, 1.807) is 13.0 Å². The minimum Gasteiger partial charge on any atom is -0.355 e. The monoisotopic (exact) mass is 533 g/mol. The van der Waals surface area contributed by atoms with Crippen LogP contribution in [-0.4, -0.2) is 42.9 Å². The number of benzene rings is 2. The van der Waals surface area contributed by atoms with Gasteiger partial charge in [0.25, 0.3) is 0 Å². The van der Waals surface area contributed by atoms with Crippen molar-refractivity contribution in [2.75, 3.05) is 18.0 Å². The maximum atomic E-state index is 13.9. The molecule has 7 nitrogen and oxygen atoms in total. The summed E-state index contributed by atoms with van der Waals surface area (Å²) in [5.74, 6) is -0.198. The molecular formula is C30H35N3O4S. The maximum Gasteiger partial charge on any atom is 0.248 e. The molecule has 200 valence electrons. The summed E-state index contributed by atoms with van der Waals surface area (Å²) in [7, 11) is -3.92. The molecule has 2 aliphatic heterocycles. The van der Waals surface area contributed by atoms with Crippen LogP contribution in [0.1, 0.15) is 59.0 Å². The van der Waals surface area contributed by atoms with Crippen LogP contribution >= 0.6 is 0 Å². The molecule has 2 aromatic carbocycles. The number of carbonyl (C=O) groups is 1. The first kappa shape index (κ1) is 26.4. The van der Waals surface area contributed by atoms with Crippen LogP contribution in [0.5, 0.6) is 0 Å². The van der Waals surface area contributed by atoms with E-state index in [0.29, 0.717) is 25.1 Å². The van der Waals surface area contributed by atoms with E-state index >= 15 is 0 Å². The van der Waals surface area contributed by atoms with Gasteiger partial charge in [0.05, 0.1) is 5.92 Å². The number of hydrogen-bond acceptors (Lipinski definition) is 5. The molecule has 1 aromatic heterocycles. The van der Waals surface area contributed by atoms with E-state index in [2.05, 4.69) is 30.3 Å². The highest BCUT2D eigenvalue weighted by molar-refractivity contribution is 7.89. The second-order valence-electron chi connectivity index (χ2n) is 10.7. The second kappa shape index (κ2) is 10.2. The number of sulfonamides is 1. The van der Waals surface area contributed by atoms with Crippen molar-refractivity contribution in [2.45, 2.75) is 64.8 Å². The maximum absolute atomic E-state index is 13.9. The number of anilines is 1. The lowest BCUT2D eigenvalue weighted by molar-refractivity contribution is -0.123. The van der Waals surface area contributed by atoms with Crippen molar-refractivity contribution in [1.29, 1.82) is 0 Å². The summed E-state index contributed by atoms with van der Waals surface area (Å²) >= 11 is 0. The van der Waals surface area contributed by atoms with Crippen molar-refractivity contribution in [3.8, 4) is 0 Å². The lowest BCUT2D eigenvalue weighted by Gasteiger charge is -2.34. The number of rotatable bonds is 5. The fourth-order valence-corrected chi connectivity index (χ4v) is 7.78. The van der Waals surface area contributed by atoms with E-state index < -0.39 is 15.9 Å². The summed E-state index contributed by atoms with van der Waals surface area (Å²) in [4.78, 5) is 15.6. The molecule has 3 heterocycles. The summed E-state index contributed by atoms with van der Waals surface area (Å²) in [6.07, 6.45) is 5.67. The molecule has 2 aliphatic rings. The standard InChI is InChI=1S/C30H35N3O4S/c1-19-15-20(2)26(21(3)16-19)12-13-28-29(23(5)31-37-28)38(35,36)32-14-8-10-25(18-32)30(34)33-22(4)17-24-9-6-7-11-27(24)33/h6-7,9,11-13,15-16,22,25H,8,10,14,17-18H2,1-5H3/b13-12+/t22-,25+/m0/s1. The van der Waals surface area contributed by atoms with E-state index in [1.165, 1.54) is 9.87 Å². The number of fused-ring (bicyclic) bond motifs is 1. The molecule has 0 spiro atoms. The van der Waals surface area contributed by atoms with Gasteiger partial charge in [0.2, 0.25) is 15.9 Å². The largest absolute Gasteiger partial charge is 0.355 e. The Morgan fingerprint density at radius 3 is 2.53 bits per heavy atom. The predicted octanol–water partition coefficient (Wildman–Crippen LogP) is 5.46. The lowest BCUT2D eigenvalue weighted by atomic mass is 9.97. The Balaban J connectivity index is 1.41. The third kappa shape index (κ3) is 4.71. The van der Waals surface area contributed by atoms with E-state index in [4.69, 9.17) is 4.52 Å². The van der Waals surface area contributed by atoms with Gasteiger partial charge in [-0.1, -0.05) is 47.1 Å². The van der Waals surface area contributed by atoms with Crippen molar-refractivity contribution in [2.24, 2.45) is 5.92 Å². The molecule has 8 heteroatoms. The summed E-state index contributed by atoms with van der Waals surface area (Å²) in [6.45, 7) is 10.3. The topological polar surface area (TPSA) is 83.7 Å². The second-order valence-corrected chi connectivity index (χ2v) is 12.6. The number of para-hydroxylation sites is 1. The Morgan fingerprint density at radius 2 is 1.79 bits per heavy atom. The number of aryl methyl sites for hydroxylation is 4. The number of nitrogens with zero attached hydrogens (tertiary/aromatic N) is 3. The first-order valence-electron chi connectivity index (χ1n) is 13.2. The molecule has 0 radical (unpaired) electrons. The normalized spacial score (nSPS) is 20.3. The summed E-state index contributed by atoms with van der Waals surface area (Å²) in [5, 5.41) is 3.99. The van der Waals surface area contributed by atoms with Gasteiger partial charge in [-0.3, -0.25) is 4.79 Å². The zero-order valence-corrected chi connectivity index (χ0v) is 23.5. The van der Waals surface area contributed by atoms with Gasteiger partial charge in [-0.2, -0.15) is 4.31 Å². The van der Waals surface area contributed by atoms with E-state index in [-0.39, 0.29) is 29.1 Å². The van der Waals surface area contributed by atoms with Crippen LogP contribution in [0.4, 0.5) is 5.69 Å². The highest BCUT2D eigenvalue weighted by Gasteiger charge is 2.40. The number of hydrogen-bond donors (Lipinski definition) is 0. The van der Waals surface area contributed by atoms with Crippen molar-refractivity contribution < 1.29 is 17.7 Å². The molecular weight excluding hydrogens is 498 g/mol. The highest BCUT2D eigenvalue weighted by atomic mass is 32.2. The molecule has 1 amide bonds. The fraction of sp³-hybridized carbons (Fsp3) is 0.400. The van der Waals surface area contributed by atoms with Crippen molar-refractivity contribution in [3.63, 3.8) is 0 Å². The van der Waals surface area contributed by atoms with Crippen LogP contribution in [0.25, 0.3) is 12.2 Å². The predicted molar refractivity (Wildman–Crippen MR) is 149 cm³/mol. The van der Waals surface area contributed by atoms with E-state index in [1.807, 2.05) is 49.9 Å². The average Bonchev–Trinajstić information content (AvgIpc) is 3.41. The molecule has 5 rings (SSSR count). The van der Waals surface area contributed by atoms with Crippen LogP contribution in [0, 0.1) is 33.6 Å². The Kier molecular flexibility index (Phi) is 7.05. The minimum atomic E-state index is -3.92. The average molecular weight is 534 g/mol. The van der Waals surface area contributed by atoms with E-state index in [9.17, 15) is 13.2 Å². The van der Waals surface area contributed by atoms with E-state index in [0.717, 1.165) is 34.4 Å². The van der Waals surface area contributed by atoms with Gasteiger partial charge in [-0.25, -0.2) is 8.42 Å². The molecule has 2 atom stereocenters. The zero-order chi connectivity index (χ0) is 27.2. The molecule has 1 fully saturated rings. The summed E-state index contributed by atoms with van der Waals surface area (Å²) in [6, 6.07) is 12.2. The third-order valence-electron chi connectivity index (χ3n) is 7.75. The van der Waals surface area contributed by atoms with Crippen molar-refractivity contribution in [1.82, 2.24) is 9.46 Å². The van der Waals surface area contributed by atoms with Crippen LogP contribution in [0.3, 0.4) is 0 Å². The van der Waals surface area contributed by atoms with Crippen LogP contribution in [0.15, 0.2) is 45.8 Å². The molecule has 0 aliphatic carbocycles. The summed E-state index contributed by atoms with van der Waals surface area (Å²) < 4.78 is 34.7. The Hall–Kier alpha value is -3.23. The van der Waals surface area contributed by atoms with Gasteiger partial charge in [-0.05, 0) is 88.3 Å². The van der Waals surface area contributed by atoms with Crippen molar-refractivity contribution >= 4 is 33.8 Å². The first-order chi connectivity index (χ1) is 18.1. The minimum absolute atomic E-state index is 0.00479. The molecule has 0 bridgehead atoms. The molecule has 0 saturated carbocycles. The molecule has 1 saturated heterocycles. The van der Waals surface area contributed by atoms with Gasteiger partial charge in [0.15, 0.2) is 10.7 Å². The molecule has 0 unspecified atom stereocenters.